The van der Waals surface area contributed by atoms with Crippen LogP contribution < -0.4 is 11.4 Å². The molecule has 1 aromatic heterocycles. The van der Waals surface area contributed by atoms with Crippen molar-refractivity contribution in [2.24, 2.45) is 41.5 Å². The van der Waals surface area contributed by atoms with Gasteiger partial charge in [-0.2, -0.15) is 0 Å². The average Bonchev–Trinajstić information content (AvgIpc) is 2.87. The van der Waals surface area contributed by atoms with Gasteiger partial charge in [0.05, 0.1) is 12.1 Å². The SMILES string of the molecule is Cn1c(=O)n2n(c1=O)[C@@H]1[C@H]3[C@H]4[C@@H]5[C@H]3[C@]13CCC[C@@]53[C@@H]42. The van der Waals surface area contributed by atoms with Crippen LogP contribution in [0.15, 0.2) is 9.59 Å². The maximum Gasteiger partial charge on any atom is 0.347 e. The Labute approximate surface area is 108 Å². The van der Waals surface area contributed by atoms with E-state index in [1.807, 2.05) is 9.36 Å². The summed E-state index contributed by atoms with van der Waals surface area (Å²) in [6, 6.07) is 0.753. The van der Waals surface area contributed by atoms with Gasteiger partial charge in [0.15, 0.2) is 0 Å². The van der Waals surface area contributed by atoms with E-state index in [4.69, 9.17) is 0 Å². The Morgan fingerprint density at radius 1 is 0.947 bits per heavy atom. The second-order valence-corrected chi connectivity index (χ2v) is 7.84. The van der Waals surface area contributed by atoms with E-state index in [1.54, 1.807) is 7.05 Å². The van der Waals surface area contributed by atoms with Crippen molar-refractivity contribution in [3.05, 3.63) is 21.0 Å². The molecule has 0 aromatic carbocycles. The minimum absolute atomic E-state index is 0.0675. The molecular formula is C14H15N3O2. The molecule has 19 heavy (non-hydrogen) atoms. The zero-order valence-electron chi connectivity index (χ0n) is 10.7. The van der Waals surface area contributed by atoms with Crippen LogP contribution in [0.1, 0.15) is 31.3 Å². The van der Waals surface area contributed by atoms with E-state index in [1.165, 1.54) is 23.8 Å². The molecule has 2 spiro atoms. The summed E-state index contributed by atoms with van der Waals surface area (Å²) in [7, 11) is 1.64. The molecule has 5 aliphatic carbocycles. The van der Waals surface area contributed by atoms with Crippen molar-refractivity contribution in [1.82, 2.24) is 13.9 Å². The zero-order chi connectivity index (χ0) is 12.5. The summed E-state index contributed by atoms with van der Waals surface area (Å²) in [5.41, 5.74) is 0.753. The highest BCUT2D eigenvalue weighted by molar-refractivity contribution is 5.49. The van der Waals surface area contributed by atoms with E-state index >= 15 is 0 Å². The average molecular weight is 257 g/mol. The van der Waals surface area contributed by atoms with E-state index in [0.717, 1.165) is 23.7 Å². The molecule has 0 unspecified atom stereocenters. The van der Waals surface area contributed by atoms with E-state index < -0.39 is 0 Å². The highest BCUT2D eigenvalue weighted by Crippen LogP contribution is 3.05. The van der Waals surface area contributed by atoms with E-state index in [2.05, 4.69) is 0 Å². The Hall–Kier alpha value is -1.26. The standard InChI is InChI=1S/C14H15N3O2/c1-15-11(18)16-9-5-6-8-7(5)13(9)3-2-4-14(8,13)10(6)17(16)12(15)19/h5-10H,2-4H2,1H3/t5-,6-,7-,8+,9+,10+,13+,14-/m0/s1. The van der Waals surface area contributed by atoms with Crippen molar-refractivity contribution in [2.45, 2.75) is 31.3 Å². The van der Waals surface area contributed by atoms with Gasteiger partial charge in [0, 0.05) is 17.9 Å². The molecule has 0 saturated heterocycles. The largest absolute Gasteiger partial charge is 0.347 e. The summed E-state index contributed by atoms with van der Waals surface area (Å²) < 4.78 is 5.08. The molecule has 0 N–H and O–H groups in total. The van der Waals surface area contributed by atoms with Gasteiger partial charge in [0.25, 0.3) is 0 Å². The first-order valence-corrected chi connectivity index (χ1v) is 7.58. The molecule has 2 aliphatic heterocycles. The Morgan fingerprint density at radius 3 is 1.89 bits per heavy atom. The lowest BCUT2D eigenvalue weighted by molar-refractivity contribution is -0.541. The summed E-state index contributed by atoms with van der Waals surface area (Å²) in [5.74, 6) is 3.35. The third-order valence-corrected chi connectivity index (χ3v) is 8.41. The van der Waals surface area contributed by atoms with Gasteiger partial charge in [-0.05, 0) is 36.5 Å². The van der Waals surface area contributed by atoms with Gasteiger partial charge in [-0.25, -0.2) is 23.5 Å². The lowest BCUT2D eigenvalue weighted by atomic mass is 9.06. The van der Waals surface area contributed by atoms with Crippen molar-refractivity contribution < 1.29 is 0 Å². The molecule has 98 valence electrons. The molecule has 5 nitrogen and oxygen atoms in total. The molecule has 5 fully saturated rings. The van der Waals surface area contributed by atoms with Crippen LogP contribution in [-0.4, -0.2) is 13.9 Å². The monoisotopic (exact) mass is 257 g/mol. The molecule has 3 heterocycles. The van der Waals surface area contributed by atoms with Gasteiger partial charge in [0.1, 0.15) is 0 Å². The lowest BCUT2D eigenvalue weighted by Gasteiger charge is -3.00. The van der Waals surface area contributed by atoms with E-state index in [9.17, 15) is 9.59 Å². The van der Waals surface area contributed by atoms with Crippen molar-refractivity contribution >= 4 is 0 Å². The maximum absolute atomic E-state index is 12.4. The number of aromatic nitrogens is 3. The van der Waals surface area contributed by atoms with Crippen LogP contribution in [0, 0.1) is 34.5 Å². The summed E-state index contributed by atoms with van der Waals surface area (Å²) in [5, 5.41) is 0. The normalized spacial score (nSPS) is 63.2. The second-order valence-electron chi connectivity index (χ2n) is 7.84. The third-order valence-electron chi connectivity index (χ3n) is 8.41. The fourth-order valence-electron chi connectivity index (χ4n) is 8.48. The smallest absolute Gasteiger partial charge is 0.246 e. The Kier molecular flexibility index (Phi) is 0.881. The van der Waals surface area contributed by atoms with Gasteiger partial charge in [-0.1, -0.05) is 6.42 Å². The quantitative estimate of drug-likeness (QED) is 0.663. The van der Waals surface area contributed by atoms with E-state index in [-0.39, 0.29) is 11.4 Å². The first-order chi connectivity index (χ1) is 9.18. The van der Waals surface area contributed by atoms with Crippen LogP contribution in [-0.2, 0) is 7.05 Å². The lowest BCUT2D eigenvalue weighted by Crippen LogP contribution is -2.99. The number of hydrogen-bond acceptors (Lipinski definition) is 2. The summed E-state index contributed by atoms with van der Waals surface area (Å²) in [6.45, 7) is 0. The maximum atomic E-state index is 12.4. The number of hydrogen-bond donors (Lipinski definition) is 0. The van der Waals surface area contributed by atoms with Crippen LogP contribution >= 0.6 is 0 Å². The van der Waals surface area contributed by atoms with Crippen molar-refractivity contribution in [1.29, 1.82) is 0 Å². The molecule has 2 bridgehead atoms. The summed E-state index contributed by atoms with van der Waals surface area (Å²) >= 11 is 0. The van der Waals surface area contributed by atoms with Gasteiger partial charge < -0.3 is 0 Å². The Balaban J connectivity index is 1.69. The minimum Gasteiger partial charge on any atom is -0.246 e. The van der Waals surface area contributed by atoms with Gasteiger partial charge in [0.2, 0.25) is 0 Å². The summed E-state index contributed by atoms with van der Waals surface area (Å²) in [6.07, 6.45) is 3.95. The first-order valence-electron chi connectivity index (χ1n) is 7.58. The van der Waals surface area contributed by atoms with Gasteiger partial charge in [-0.15, -0.1) is 0 Å². The Bertz CT molecular complexity index is 765. The third kappa shape index (κ3) is 0.432. The topological polar surface area (TPSA) is 48.9 Å². The molecule has 8 atom stereocenters. The van der Waals surface area contributed by atoms with Crippen molar-refractivity contribution in [2.75, 3.05) is 0 Å². The highest BCUT2D eigenvalue weighted by atomic mass is 16.2. The van der Waals surface area contributed by atoms with Crippen LogP contribution in [0.3, 0.4) is 0 Å². The molecule has 5 heteroatoms. The summed E-state index contributed by atoms with van der Waals surface area (Å²) in [4.78, 5) is 24.8. The molecule has 0 amide bonds. The van der Waals surface area contributed by atoms with Gasteiger partial charge >= 0.3 is 11.4 Å². The predicted octanol–water partition coefficient (Wildman–Crippen LogP) is 0.120. The molecule has 0 radical (unpaired) electrons. The van der Waals surface area contributed by atoms with Crippen LogP contribution in [0.5, 0.6) is 0 Å². The molecule has 5 saturated carbocycles. The van der Waals surface area contributed by atoms with Crippen molar-refractivity contribution in [3.63, 3.8) is 0 Å². The number of rotatable bonds is 0. The first kappa shape index (κ1) is 8.82. The zero-order valence-corrected chi connectivity index (χ0v) is 10.7. The van der Waals surface area contributed by atoms with Gasteiger partial charge in [-0.3, -0.25) is 0 Å². The molecular weight excluding hydrogens is 242 g/mol. The minimum atomic E-state index is -0.0675. The molecule has 7 aliphatic rings. The number of nitrogens with zero attached hydrogens (tertiary/aromatic N) is 3. The molecule has 8 rings (SSSR count). The fourth-order valence-corrected chi connectivity index (χ4v) is 8.48. The predicted molar refractivity (Wildman–Crippen MR) is 64.7 cm³/mol. The van der Waals surface area contributed by atoms with Crippen LogP contribution in [0.25, 0.3) is 0 Å². The fraction of sp³-hybridized carbons (Fsp3) is 0.857. The van der Waals surface area contributed by atoms with Crippen molar-refractivity contribution in [3.8, 4) is 0 Å². The van der Waals surface area contributed by atoms with Crippen LogP contribution in [0.4, 0.5) is 0 Å². The second kappa shape index (κ2) is 1.90. The molecule has 1 aromatic rings. The highest BCUT2D eigenvalue weighted by Gasteiger charge is 3.03. The Morgan fingerprint density at radius 2 is 1.42 bits per heavy atom. The van der Waals surface area contributed by atoms with E-state index in [0.29, 0.717) is 22.9 Å². The van der Waals surface area contributed by atoms with Crippen LogP contribution in [0.2, 0.25) is 0 Å².